The van der Waals surface area contributed by atoms with Crippen LogP contribution in [0.1, 0.15) is 33.3 Å². The Bertz CT molecular complexity index is 594. The fraction of sp³-hybridized carbons (Fsp3) is 0.529. The van der Waals surface area contributed by atoms with E-state index in [1.807, 2.05) is 13.8 Å². The summed E-state index contributed by atoms with van der Waals surface area (Å²) < 4.78 is 13.9. The molecule has 0 saturated heterocycles. The van der Waals surface area contributed by atoms with Crippen LogP contribution in [0.3, 0.4) is 0 Å². The van der Waals surface area contributed by atoms with Crippen molar-refractivity contribution in [3.05, 3.63) is 34.6 Å². The van der Waals surface area contributed by atoms with Crippen molar-refractivity contribution in [1.82, 2.24) is 10.2 Å². The van der Waals surface area contributed by atoms with Gasteiger partial charge in [0.15, 0.2) is 0 Å². The number of hydrogen-bond acceptors (Lipinski definition) is 3. The number of carbonyl (C=O) groups excluding carboxylic acids is 1. The van der Waals surface area contributed by atoms with Crippen LogP contribution in [0.5, 0.6) is 0 Å². The predicted octanol–water partition coefficient (Wildman–Crippen LogP) is 3.35. The van der Waals surface area contributed by atoms with E-state index >= 15 is 0 Å². The average molecular weight is 340 g/mol. The topological polar surface area (TPSA) is 56.1 Å². The molecule has 0 radical (unpaired) electrons. The van der Waals surface area contributed by atoms with Crippen LogP contribution in [0.15, 0.2) is 18.2 Å². The van der Waals surface area contributed by atoms with E-state index in [-0.39, 0.29) is 18.4 Å². The molecule has 0 bridgehead atoms. The standard InChI is InChI=1S/C17H23ClFN3O/c1-11(2)17(4,10-20)21-16(23)12(3)22(5)9-13-14(18)7-6-8-15(13)19/h6-8,11-12H,9H2,1-5H3,(H,21,23)/t12-,17+/m0/s1. The van der Waals surface area contributed by atoms with Crippen molar-refractivity contribution in [3.8, 4) is 6.07 Å². The van der Waals surface area contributed by atoms with E-state index in [4.69, 9.17) is 11.6 Å². The Morgan fingerprint density at radius 1 is 1.48 bits per heavy atom. The van der Waals surface area contributed by atoms with Crippen molar-refractivity contribution in [1.29, 1.82) is 5.26 Å². The molecule has 1 aromatic rings. The smallest absolute Gasteiger partial charge is 0.238 e. The first-order valence-corrected chi connectivity index (χ1v) is 7.86. The summed E-state index contributed by atoms with van der Waals surface area (Å²) in [4.78, 5) is 14.1. The molecule has 0 aliphatic heterocycles. The van der Waals surface area contributed by atoms with Gasteiger partial charge in [-0.2, -0.15) is 5.26 Å². The molecule has 1 amide bonds. The third kappa shape index (κ3) is 4.66. The number of halogens is 2. The summed E-state index contributed by atoms with van der Waals surface area (Å²) in [5.74, 6) is -0.714. The van der Waals surface area contributed by atoms with Gasteiger partial charge >= 0.3 is 0 Å². The predicted molar refractivity (Wildman–Crippen MR) is 89.3 cm³/mol. The van der Waals surface area contributed by atoms with Crippen LogP contribution in [0.2, 0.25) is 5.02 Å². The number of rotatable bonds is 6. The molecular weight excluding hydrogens is 317 g/mol. The molecule has 2 atom stereocenters. The Morgan fingerprint density at radius 2 is 2.09 bits per heavy atom. The van der Waals surface area contributed by atoms with Crippen molar-refractivity contribution >= 4 is 17.5 Å². The minimum Gasteiger partial charge on any atom is -0.336 e. The Morgan fingerprint density at radius 3 is 2.57 bits per heavy atom. The molecule has 4 nitrogen and oxygen atoms in total. The van der Waals surface area contributed by atoms with Gasteiger partial charge in [0.05, 0.1) is 12.1 Å². The highest BCUT2D eigenvalue weighted by molar-refractivity contribution is 6.31. The van der Waals surface area contributed by atoms with Gasteiger partial charge in [0.25, 0.3) is 0 Å². The minimum absolute atomic E-state index is 0.0324. The molecule has 0 aliphatic carbocycles. The number of benzene rings is 1. The van der Waals surface area contributed by atoms with E-state index in [0.29, 0.717) is 10.6 Å². The van der Waals surface area contributed by atoms with Crippen molar-refractivity contribution < 1.29 is 9.18 Å². The minimum atomic E-state index is -0.943. The van der Waals surface area contributed by atoms with Crippen molar-refractivity contribution in [2.24, 2.45) is 5.92 Å². The zero-order valence-electron chi connectivity index (χ0n) is 14.2. The van der Waals surface area contributed by atoms with Gasteiger partial charge < -0.3 is 5.32 Å². The van der Waals surface area contributed by atoms with E-state index in [2.05, 4.69) is 11.4 Å². The van der Waals surface area contributed by atoms with Crippen molar-refractivity contribution in [2.75, 3.05) is 7.05 Å². The number of nitrogens with one attached hydrogen (secondary N) is 1. The Labute approximate surface area is 142 Å². The van der Waals surface area contributed by atoms with Crippen LogP contribution in [0.4, 0.5) is 4.39 Å². The summed E-state index contributed by atoms with van der Waals surface area (Å²) in [7, 11) is 1.71. The van der Waals surface area contributed by atoms with E-state index in [9.17, 15) is 14.4 Å². The number of nitriles is 1. The monoisotopic (exact) mass is 339 g/mol. The summed E-state index contributed by atoms with van der Waals surface area (Å²) in [6.07, 6.45) is 0. The average Bonchev–Trinajstić information content (AvgIpc) is 2.49. The molecule has 126 valence electrons. The highest BCUT2D eigenvalue weighted by Crippen LogP contribution is 2.21. The molecular formula is C17H23ClFN3O. The second-order valence-electron chi connectivity index (χ2n) is 6.25. The van der Waals surface area contributed by atoms with Crippen molar-refractivity contribution in [3.63, 3.8) is 0 Å². The molecule has 23 heavy (non-hydrogen) atoms. The number of hydrogen-bond donors (Lipinski definition) is 1. The maximum absolute atomic E-state index is 13.9. The largest absolute Gasteiger partial charge is 0.336 e. The first-order chi connectivity index (χ1) is 10.6. The molecule has 0 spiro atoms. The van der Waals surface area contributed by atoms with E-state index in [1.165, 1.54) is 12.1 Å². The van der Waals surface area contributed by atoms with E-state index in [0.717, 1.165) is 0 Å². The number of likely N-dealkylation sites (N-methyl/N-ethyl adjacent to an activating group) is 1. The lowest BCUT2D eigenvalue weighted by Gasteiger charge is -2.31. The van der Waals surface area contributed by atoms with Gasteiger partial charge in [0.2, 0.25) is 5.91 Å². The highest BCUT2D eigenvalue weighted by Gasteiger charge is 2.32. The van der Waals surface area contributed by atoms with E-state index in [1.54, 1.807) is 31.9 Å². The number of nitrogens with zero attached hydrogens (tertiary/aromatic N) is 2. The van der Waals surface area contributed by atoms with Crippen LogP contribution >= 0.6 is 11.6 Å². The molecule has 0 aromatic heterocycles. The summed E-state index contributed by atoms with van der Waals surface area (Å²) in [6, 6.07) is 6.10. The fourth-order valence-electron chi connectivity index (χ4n) is 1.93. The summed E-state index contributed by atoms with van der Waals surface area (Å²) in [5, 5.41) is 12.4. The Hall–Kier alpha value is -1.64. The summed E-state index contributed by atoms with van der Waals surface area (Å²) in [6.45, 7) is 7.34. The second-order valence-corrected chi connectivity index (χ2v) is 6.66. The van der Waals surface area contributed by atoms with Gasteiger partial charge in [-0.25, -0.2) is 4.39 Å². The quantitative estimate of drug-likeness (QED) is 0.864. The Kier molecular flexibility index (Phi) is 6.55. The first kappa shape index (κ1) is 19.4. The van der Waals surface area contributed by atoms with Gasteiger partial charge in [0, 0.05) is 17.1 Å². The van der Waals surface area contributed by atoms with Gasteiger partial charge in [-0.05, 0) is 38.9 Å². The lowest BCUT2D eigenvalue weighted by Crippen LogP contribution is -2.54. The van der Waals surface area contributed by atoms with Gasteiger partial charge in [-0.1, -0.05) is 31.5 Å². The number of carbonyl (C=O) groups is 1. The van der Waals surface area contributed by atoms with Crippen LogP contribution in [-0.2, 0) is 11.3 Å². The first-order valence-electron chi connectivity index (χ1n) is 7.48. The maximum atomic E-state index is 13.9. The normalized spacial score (nSPS) is 15.1. The van der Waals surface area contributed by atoms with Crippen LogP contribution in [0.25, 0.3) is 0 Å². The fourth-order valence-corrected chi connectivity index (χ4v) is 2.15. The van der Waals surface area contributed by atoms with Crippen molar-refractivity contribution in [2.45, 2.75) is 45.8 Å². The van der Waals surface area contributed by atoms with Gasteiger partial charge in [-0.3, -0.25) is 9.69 Å². The zero-order valence-corrected chi connectivity index (χ0v) is 14.9. The molecule has 0 aliphatic rings. The van der Waals surface area contributed by atoms with E-state index < -0.39 is 17.4 Å². The lowest BCUT2D eigenvalue weighted by molar-refractivity contribution is -0.127. The highest BCUT2D eigenvalue weighted by atomic mass is 35.5. The molecule has 1 rings (SSSR count). The molecule has 0 fully saturated rings. The molecule has 0 heterocycles. The molecule has 0 saturated carbocycles. The molecule has 0 unspecified atom stereocenters. The Balaban J connectivity index is 2.83. The van der Waals surface area contributed by atoms with Crippen LogP contribution in [-0.4, -0.2) is 29.4 Å². The van der Waals surface area contributed by atoms with Crippen LogP contribution in [0, 0.1) is 23.1 Å². The second kappa shape index (κ2) is 7.76. The van der Waals surface area contributed by atoms with Crippen LogP contribution < -0.4 is 5.32 Å². The molecule has 1 aromatic carbocycles. The lowest BCUT2D eigenvalue weighted by atomic mass is 9.90. The summed E-state index contributed by atoms with van der Waals surface area (Å²) >= 11 is 6.02. The third-order valence-electron chi connectivity index (χ3n) is 4.28. The van der Waals surface area contributed by atoms with Gasteiger partial charge in [0.1, 0.15) is 11.4 Å². The maximum Gasteiger partial charge on any atom is 0.238 e. The van der Waals surface area contributed by atoms with Gasteiger partial charge in [-0.15, -0.1) is 0 Å². The summed E-state index contributed by atoms with van der Waals surface area (Å²) in [5.41, 5.74) is -0.592. The zero-order chi connectivity index (χ0) is 17.8. The molecule has 1 N–H and O–H groups in total. The number of amides is 1. The third-order valence-corrected chi connectivity index (χ3v) is 4.63. The molecule has 6 heteroatoms. The SMILES string of the molecule is CC(C)[C@@](C)(C#N)NC(=O)[C@H](C)N(C)Cc1c(F)cccc1Cl.